The van der Waals surface area contributed by atoms with Gasteiger partial charge in [-0.2, -0.15) is 0 Å². The number of benzene rings is 1. The first-order chi connectivity index (χ1) is 6.54. The molecule has 1 aromatic rings. The summed E-state index contributed by atoms with van der Waals surface area (Å²) in [5.41, 5.74) is 8.22. The number of halogens is 1. The molecule has 0 radical (unpaired) electrons. The molecule has 0 amide bonds. The summed E-state index contributed by atoms with van der Waals surface area (Å²) in [6, 6.07) is 3.68. The molecule has 0 saturated heterocycles. The van der Waals surface area contributed by atoms with Crippen molar-refractivity contribution < 1.29 is 9.53 Å². The van der Waals surface area contributed by atoms with Crippen molar-refractivity contribution >= 4 is 27.6 Å². The van der Waals surface area contributed by atoms with Crippen LogP contribution in [-0.2, 0) is 16.0 Å². The van der Waals surface area contributed by atoms with Crippen LogP contribution in [0, 0.1) is 6.92 Å². The molecule has 0 fully saturated rings. The number of aryl methyl sites for hydroxylation is 1. The quantitative estimate of drug-likeness (QED) is 0.652. The third-order valence-corrected chi connectivity index (χ3v) is 2.84. The lowest BCUT2D eigenvalue weighted by atomic mass is 10.1. The molecular weight excluding hydrogens is 246 g/mol. The summed E-state index contributed by atoms with van der Waals surface area (Å²) in [5.74, 6) is -0.279. The molecule has 1 aromatic carbocycles. The molecule has 0 atom stereocenters. The maximum absolute atomic E-state index is 11.0. The largest absolute Gasteiger partial charge is 0.469 e. The molecule has 0 spiro atoms. The van der Waals surface area contributed by atoms with Crippen molar-refractivity contribution in [3.63, 3.8) is 0 Å². The number of ether oxygens (including phenoxy) is 1. The van der Waals surface area contributed by atoms with E-state index in [-0.39, 0.29) is 12.4 Å². The topological polar surface area (TPSA) is 52.3 Å². The van der Waals surface area contributed by atoms with E-state index in [1.165, 1.54) is 7.11 Å². The van der Waals surface area contributed by atoms with Gasteiger partial charge in [0.1, 0.15) is 0 Å². The summed E-state index contributed by atoms with van der Waals surface area (Å²) in [6.07, 6.45) is 0.219. The summed E-state index contributed by atoms with van der Waals surface area (Å²) in [7, 11) is 1.37. The Hall–Kier alpha value is -1.03. The highest BCUT2D eigenvalue weighted by Crippen LogP contribution is 2.23. The molecule has 76 valence electrons. The molecule has 1 rings (SSSR count). The number of methoxy groups -OCH3 is 1. The van der Waals surface area contributed by atoms with E-state index >= 15 is 0 Å². The van der Waals surface area contributed by atoms with E-state index in [4.69, 9.17) is 5.73 Å². The fourth-order valence-electron chi connectivity index (χ4n) is 1.14. The van der Waals surface area contributed by atoms with Gasteiger partial charge in [-0.15, -0.1) is 0 Å². The first kappa shape index (κ1) is 11.0. The van der Waals surface area contributed by atoms with Crippen LogP contribution in [0.1, 0.15) is 11.1 Å². The Morgan fingerprint density at radius 3 is 2.79 bits per heavy atom. The summed E-state index contributed by atoms with van der Waals surface area (Å²) < 4.78 is 5.52. The van der Waals surface area contributed by atoms with Crippen molar-refractivity contribution in [1.82, 2.24) is 0 Å². The van der Waals surface area contributed by atoms with Gasteiger partial charge in [0.2, 0.25) is 0 Å². The lowest BCUT2D eigenvalue weighted by Gasteiger charge is -2.07. The average Bonchev–Trinajstić information content (AvgIpc) is 2.14. The van der Waals surface area contributed by atoms with Gasteiger partial charge in [-0.3, -0.25) is 4.79 Å². The molecule has 2 N–H and O–H groups in total. The van der Waals surface area contributed by atoms with E-state index < -0.39 is 0 Å². The fourth-order valence-corrected chi connectivity index (χ4v) is 1.50. The highest BCUT2D eigenvalue weighted by molar-refractivity contribution is 9.10. The second-order valence-electron chi connectivity index (χ2n) is 3.05. The van der Waals surface area contributed by atoms with Crippen LogP contribution < -0.4 is 5.73 Å². The number of hydrogen-bond acceptors (Lipinski definition) is 3. The number of hydrogen-bond donors (Lipinski definition) is 1. The van der Waals surface area contributed by atoms with Gasteiger partial charge in [0.25, 0.3) is 0 Å². The second-order valence-corrected chi connectivity index (χ2v) is 3.91. The van der Waals surface area contributed by atoms with Gasteiger partial charge in [-0.05, 0) is 24.1 Å². The van der Waals surface area contributed by atoms with Crippen molar-refractivity contribution in [2.75, 3.05) is 12.8 Å². The van der Waals surface area contributed by atoms with Crippen LogP contribution in [-0.4, -0.2) is 13.1 Å². The SMILES string of the molecule is COC(=O)Cc1cc(C)c(Br)cc1N. The Labute approximate surface area is 91.4 Å². The number of nitrogen functional groups attached to an aromatic ring is 1. The zero-order valence-electron chi connectivity index (χ0n) is 8.13. The number of carbonyl (C=O) groups is 1. The molecule has 0 aromatic heterocycles. The number of carbonyl (C=O) groups excluding carboxylic acids is 1. The maximum Gasteiger partial charge on any atom is 0.310 e. The number of esters is 1. The third-order valence-electron chi connectivity index (χ3n) is 1.98. The molecule has 0 aliphatic heterocycles. The van der Waals surface area contributed by atoms with E-state index in [1.807, 2.05) is 13.0 Å². The van der Waals surface area contributed by atoms with Gasteiger partial charge >= 0.3 is 5.97 Å². The lowest BCUT2D eigenvalue weighted by Crippen LogP contribution is -2.07. The number of anilines is 1. The van der Waals surface area contributed by atoms with E-state index in [0.29, 0.717) is 5.69 Å². The summed E-state index contributed by atoms with van der Waals surface area (Å²) in [6.45, 7) is 1.95. The van der Waals surface area contributed by atoms with E-state index in [1.54, 1.807) is 6.07 Å². The first-order valence-electron chi connectivity index (χ1n) is 4.16. The molecule has 3 nitrogen and oxygen atoms in total. The first-order valence-corrected chi connectivity index (χ1v) is 4.95. The monoisotopic (exact) mass is 257 g/mol. The van der Waals surface area contributed by atoms with Crippen molar-refractivity contribution in [1.29, 1.82) is 0 Å². The van der Waals surface area contributed by atoms with E-state index in [2.05, 4.69) is 20.7 Å². The lowest BCUT2D eigenvalue weighted by molar-refractivity contribution is -0.139. The molecule has 14 heavy (non-hydrogen) atoms. The van der Waals surface area contributed by atoms with Gasteiger partial charge in [-0.1, -0.05) is 22.0 Å². The Balaban J connectivity index is 2.98. The smallest absolute Gasteiger partial charge is 0.310 e. The molecule has 0 heterocycles. The van der Waals surface area contributed by atoms with Gasteiger partial charge in [0.05, 0.1) is 13.5 Å². The summed E-state index contributed by atoms with van der Waals surface area (Å²) in [4.78, 5) is 11.0. The number of nitrogens with two attached hydrogens (primary N) is 1. The Bertz CT molecular complexity index is 363. The van der Waals surface area contributed by atoms with Crippen molar-refractivity contribution in [3.8, 4) is 0 Å². The predicted molar refractivity (Wildman–Crippen MR) is 59.0 cm³/mol. The summed E-state index contributed by atoms with van der Waals surface area (Å²) in [5, 5.41) is 0. The highest BCUT2D eigenvalue weighted by Gasteiger charge is 2.08. The van der Waals surface area contributed by atoms with Gasteiger partial charge < -0.3 is 10.5 Å². The predicted octanol–water partition coefficient (Wildman–Crippen LogP) is 2.06. The van der Waals surface area contributed by atoms with E-state index in [9.17, 15) is 4.79 Å². The third kappa shape index (κ3) is 2.48. The zero-order chi connectivity index (χ0) is 10.7. The molecule has 4 heteroatoms. The van der Waals surface area contributed by atoms with E-state index in [0.717, 1.165) is 15.6 Å². The van der Waals surface area contributed by atoms with Crippen LogP contribution in [0.2, 0.25) is 0 Å². The van der Waals surface area contributed by atoms with Crippen LogP contribution in [0.3, 0.4) is 0 Å². The Morgan fingerprint density at radius 2 is 2.21 bits per heavy atom. The van der Waals surface area contributed by atoms with Crippen molar-refractivity contribution in [2.45, 2.75) is 13.3 Å². The highest BCUT2D eigenvalue weighted by atomic mass is 79.9. The molecule has 0 aliphatic rings. The second kappa shape index (κ2) is 4.46. The molecule has 0 unspecified atom stereocenters. The molecule has 0 saturated carbocycles. The number of rotatable bonds is 2. The van der Waals surface area contributed by atoms with Crippen LogP contribution in [0.25, 0.3) is 0 Å². The zero-order valence-corrected chi connectivity index (χ0v) is 9.72. The summed E-state index contributed by atoms with van der Waals surface area (Å²) >= 11 is 3.37. The maximum atomic E-state index is 11.0. The van der Waals surface area contributed by atoms with Crippen molar-refractivity contribution in [2.24, 2.45) is 0 Å². The minimum absolute atomic E-state index is 0.219. The van der Waals surface area contributed by atoms with Crippen LogP contribution >= 0.6 is 15.9 Å². The standard InChI is InChI=1S/C10H12BrNO2/c1-6-3-7(4-10(13)14-2)9(12)5-8(6)11/h3,5H,4,12H2,1-2H3. The molecular formula is C10H12BrNO2. The van der Waals surface area contributed by atoms with Crippen LogP contribution in [0.15, 0.2) is 16.6 Å². The normalized spacial score (nSPS) is 9.93. The van der Waals surface area contributed by atoms with Gasteiger partial charge in [0, 0.05) is 10.2 Å². The van der Waals surface area contributed by atoms with Crippen LogP contribution in [0.4, 0.5) is 5.69 Å². The Kier molecular flexibility index (Phi) is 3.52. The fraction of sp³-hybridized carbons (Fsp3) is 0.300. The average molecular weight is 258 g/mol. The van der Waals surface area contributed by atoms with Crippen molar-refractivity contribution in [3.05, 3.63) is 27.7 Å². The Morgan fingerprint density at radius 1 is 1.57 bits per heavy atom. The minimum atomic E-state index is -0.279. The molecule has 0 bridgehead atoms. The van der Waals surface area contributed by atoms with Crippen LogP contribution in [0.5, 0.6) is 0 Å². The minimum Gasteiger partial charge on any atom is -0.469 e. The van der Waals surface area contributed by atoms with Gasteiger partial charge in [-0.25, -0.2) is 0 Å². The molecule has 0 aliphatic carbocycles. The van der Waals surface area contributed by atoms with Gasteiger partial charge in [0.15, 0.2) is 0 Å².